The molecule has 1 saturated heterocycles. The molecule has 1 saturated carbocycles. The molecule has 1 heterocycles. The fourth-order valence-electron chi connectivity index (χ4n) is 2.84. The smallest absolute Gasteiger partial charge is 0.0107 e. The van der Waals surface area contributed by atoms with Crippen LogP contribution in [0.3, 0.4) is 0 Å². The van der Waals surface area contributed by atoms with E-state index in [2.05, 4.69) is 17.1 Å². The van der Waals surface area contributed by atoms with Gasteiger partial charge in [-0.15, -0.1) is 0 Å². The first kappa shape index (κ1) is 11.4. The van der Waals surface area contributed by atoms with Crippen LogP contribution in [0.4, 0.5) is 0 Å². The second-order valence-electron chi connectivity index (χ2n) is 5.46. The Kier molecular flexibility index (Phi) is 4.45. The number of rotatable bonds is 4. The lowest BCUT2D eigenvalue weighted by molar-refractivity contribution is 0.191. The van der Waals surface area contributed by atoms with E-state index in [-0.39, 0.29) is 0 Å². The van der Waals surface area contributed by atoms with Crippen molar-refractivity contribution in [2.45, 2.75) is 51.5 Å². The summed E-state index contributed by atoms with van der Waals surface area (Å²) in [4.78, 5) is 2.63. The molecular weight excluding hydrogens is 184 g/mol. The Morgan fingerprint density at radius 2 is 1.73 bits per heavy atom. The van der Waals surface area contributed by atoms with Crippen molar-refractivity contribution in [3.05, 3.63) is 0 Å². The van der Waals surface area contributed by atoms with Crippen molar-refractivity contribution >= 4 is 0 Å². The predicted octanol–water partition coefficient (Wildman–Crippen LogP) is 2.25. The van der Waals surface area contributed by atoms with Crippen LogP contribution in [-0.2, 0) is 0 Å². The standard InChI is InChI=1S/C13H26N2/c1-12-6-9-15(10-7-12)11-8-14-13-4-2-3-5-13/h12-14H,2-11H2,1H3. The maximum absolute atomic E-state index is 3.70. The predicted molar refractivity (Wildman–Crippen MR) is 65.1 cm³/mol. The summed E-state index contributed by atoms with van der Waals surface area (Å²) in [6.45, 7) is 7.51. The van der Waals surface area contributed by atoms with E-state index < -0.39 is 0 Å². The average Bonchev–Trinajstić information content (AvgIpc) is 2.74. The number of nitrogens with one attached hydrogen (secondary N) is 1. The quantitative estimate of drug-likeness (QED) is 0.765. The Balaban J connectivity index is 1.53. The second-order valence-corrected chi connectivity index (χ2v) is 5.46. The van der Waals surface area contributed by atoms with Crippen molar-refractivity contribution in [1.29, 1.82) is 0 Å². The minimum Gasteiger partial charge on any atom is -0.313 e. The summed E-state index contributed by atoms with van der Waals surface area (Å²) in [6, 6.07) is 0.841. The van der Waals surface area contributed by atoms with Gasteiger partial charge in [-0.25, -0.2) is 0 Å². The summed E-state index contributed by atoms with van der Waals surface area (Å²) in [6.07, 6.45) is 8.53. The topological polar surface area (TPSA) is 15.3 Å². The van der Waals surface area contributed by atoms with Gasteiger partial charge in [-0.05, 0) is 44.7 Å². The fourth-order valence-corrected chi connectivity index (χ4v) is 2.84. The molecule has 0 atom stereocenters. The molecule has 1 aliphatic carbocycles. The van der Waals surface area contributed by atoms with E-state index >= 15 is 0 Å². The summed E-state index contributed by atoms with van der Waals surface area (Å²) in [5.41, 5.74) is 0. The van der Waals surface area contributed by atoms with Gasteiger partial charge in [0.25, 0.3) is 0 Å². The van der Waals surface area contributed by atoms with Gasteiger partial charge >= 0.3 is 0 Å². The van der Waals surface area contributed by atoms with E-state index in [0.29, 0.717) is 0 Å². The molecule has 15 heavy (non-hydrogen) atoms. The van der Waals surface area contributed by atoms with E-state index in [0.717, 1.165) is 12.0 Å². The molecule has 2 rings (SSSR count). The number of likely N-dealkylation sites (tertiary alicyclic amines) is 1. The Morgan fingerprint density at radius 1 is 1.07 bits per heavy atom. The highest BCUT2D eigenvalue weighted by molar-refractivity contribution is 4.75. The summed E-state index contributed by atoms with van der Waals surface area (Å²) >= 11 is 0. The van der Waals surface area contributed by atoms with Crippen molar-refractivity contribution in [1.82, 2.24) is 10.2 Å². The van der Waals surface area contributed by atoms with Crippen molar-refractivity contribution in [2.24, 2.45) is 5.92 Å². The van der Waals surface area contributed by atoms with E-state index in [1.54, 1.807) is 0 Å². The van der Waals surface area contributed by atoms with E-state index in [1.165, 1.54) is 64.7 Å². The van der Waals surface area contributed by atoms with Gasteiger partial charge in [0.05, 0.1) is 0 Å². The van der Waals surface area contributed by atoms with Crippen LogP contribution in [0.2, 0.25) is 0 Å². The Morgan fingerprint density at radius 3 is 2.40 bits per heavy atom. The van der Waals surface area contributed by atoms with Gasteiger partial charge in [-0.2, -0.15) is 0 Å². The molecule has 2 heteroatoms. The molecule has 1 N–H and O–H groups in total. The van der Waals surface area contributed by atoms with Crippen LogP contribution in [0.1, 0.15) is 45.4 Å². The second kappa shape index (κ2) is 5.86. The molecule has 1 aliphatic heterocycles. The molecule has 0 unspecified atom stereocenters. The first-order valence-electron chi connectivity index (χ1n) is 6.80. The van der Waals surface area contributed by atoms with E-state index in [4.69, 9.17) is 0 Å². The minimum atomic E-state index is 0.841. The van der Waals surface area contributed by atoms with Crippen LogP contribution in [0.5, 0.6) is 0 Å². The maximum atomic E-state index is 3.70. The summed E-state index contributed by atoms with van der Waals surface area (Å²) in [7, 11) is 0. The zero-order chi connectivity index (χ0) is 10.5. The first-order chi connectivity index (χ1) is 7.34. The maximum Gasteiger partial charge on any atom is 0.0107 e. The van der Waals surface area contributed by atoms with Gasteiger partial charge in [0, 0.05) is 19.1 Å². The summed E-state index contributed by atoms with van der Waals surface area (Å²) in [5.74, 6) is 0.962. The molecule has 88 valence electrons. The van der Waals surface area contributed by atoms with Crippen molar-refractivity contribution in [3.8, 4) is 0 Å². The SMILES string of the molecule is CC1CCN(CCNC2CCCC2)CC1. The van der Waals surface area contributed by atoms with E-state index in [9.17, 15) is 0 Å². The van der Waals surface area contributed by atoms with E-state index in [1.807, 2.05) is 0 Å². The third-order valence-electron chi connectivity index (χ3n) is 4.09. The molecule has 0 amide bonds. The molecule has 0 aromatic heterocycles. The molecule has 0 aromatic carbocycles. The lowest BCUT2D eigenvalue weighted by Gasteiger charge is -2.30. The Labute approximate surface area is 94.4 Å². The van der Waals surface area contributed by atoms with Crippen molar-refractivity contribution < 1.29 is 0 Å². The zero-order valence-electron chi connectivity index (χ0n) is 10.2. The first-order valence-corrected chi connectivity index (χ1v) is 6.80. The monoisotopic (exact) mass is 210 g/mol. The highest BCUT2D eigenvalue weighted by Gasteiger charge is 2.17. The minimum absolute atomic E-state index is 0.841. The molecule has 2 nitrogen and oxygen atoms in total. The molecule has 0 bridgehead atoms. The largest absolute Gasteiger partial charge is 0.313 e. The zero-order valence-corrected chi connectivity index (χ0v) is 10.2. The highest BCUT2D eigenvalue weighted by Crippen LogP contribution is 2.18. The van der Waals surface area contributed by atoms with Gasteiger partial charge in [-0.1, -0.05) is 19.8 Å². The number of hydrogen-bond donors (Lipinski definition) is 1. The van der Waals surface area contributed by atoms with Gasteiger partial charge in [0.15, 0.2) is 0 Å². The van der Waals surface area contributed by atoms with Crippen LogP contribution in [0, 0.1) is 5.92 Å². The van der Waals surface area contributed by atoms with Crippen LogP contribution in [-0.4, -0.2) is 37.1 Å². The lowest BCUT2D eigenvalue weighted by Crippen LogP contribution is -2.39. The van der Waals surface area contributed by atoms with Gasteiger partial charge in [-0.3, -0.25) is 0 Å². The summed E-state index contributed by atoms with van der Waals surface area (Å²) < 4.78 is 0. The molecule has 0 aromatic rings. The third kappa shape index (κ3) is 3.76. The van der Waals surface area contributed by atoms with Crippen molar-refractivity contribution in [2.75, 3.05) is 26.2 Å². The lowest BCUT2D eigenvalue weighted by atomic mass is 9.99. The Bertz CT molecular complexity index is 167. The van der Waals surface area contributed by atoms with Crippen LogP contribution >= 0.6 is 0 Å². The van der Waals surface area contributed by atoms with Crippen LogP contribution < -0.4 is 5.32 Å². The van der Waals surface area contributed by atoms with Gasteiger partial charge in [0.1, 0.15) is 0 Å². The molecule has 2 fully saturated rings. The number of piperidine rings is 1. The fraction of sp³-hybridized carbons (Fsp3) is 1.00. The number of hydrogen-bond acceptors (Lipinski definition) is 2. The average molecular weight is 210 g/mol. The van der Waals surface area contributed by atoms with Gasteiger partial charge < -0.3 is 10.2 Å². The molecule has 0 radical (unpaired) electrons. The molecule has 2 aliphatic rings. The van der Waals surface area contributed by atoms with Gasteiger partial charge in [0.2, 0.25) is 0 Å². The third-order valence-corrected chi connectivity index (χ3v) is 4.09. The number of nitrogens with zero attached hydrogens (tertiary/aromatic N) is 1. The summed E-state index contributed by atoms with van der Waals surface area (Å²) in [5, 5.41) is 3.70. The Hall–Kier alpha value is -0.0800. The molecular formula is C13H26N2. The van der Waals surface area contributed by atoms with Crippen molar-refractivity contribution in [3.63, 3.8) is 0 Å². The molecule has 0 spiro atoms. The normalized spacial score (nSPS) is 26.2. The highest BCUT2D eigenvalue weighted by atomic mass is 15.1. The van der Waals surface area contributed by atoms with Crippen LogP contribution in [0.25, 0.3) is 0 Å². The van der Waals surface area contributed by atoms with Crippen LogP contribution in [0.15, 0.2) is 0 Å².